The standard InChI is InChI=1S/C22H26N4O5S2/c1-16(21-23-20-7-5-4-6-19(20)22(27)24(21)2)25-12-14-26(15-13-25)33(30,31)18-10-8-17(9-11-18)32(3,28)29/h4-11,16H,12-15H2,1-3H3. The molecular formula is C22H26N4O5S2. The molecule has 0 saturated carbocycles. The van der Waals surface area contributed by atoms with Crippen molar-refractivity contribution >= 4 is 30.8 Å². The number of sulfone groups is 1. The number of nitrogens with zero attached hydrogens (tertiary/aromatic N) is 4. The monoisotopic (exact) mass is 490 g/mol. The summed E-state index contributed by atoms with van der Waals surface area (Å²) in [6.07, 6.45) is 1.08. The van der Waals surface area contributed by atoms with Crippen LogP contribution in [0.15, 0.2) is 63.1 Å². The molecule has 0 aliphatic carbocycles. The number of fused-ring (bicyclic) bond motifs is 1. The second kappa shape index (κ2) is 8.64. The van der Waals surface area contributed by atoms with Crippen molar-refractivity contribution < 1.29 is 16.8 Å². The van der Waals surface area contributed by atoms with Gasteiger partial charge in [0.2, 0.25) is 10.0 Å². The van der Waals surface area contributed by atoms with Gasteiger partial charge in [-0.3, -0.25) is 14.3 Å². The number of piperazine rings is 1. The highest BCUT2D eigenvalue weighted by Gasteiger charge is 2.31. The molecule has 1 saturated heterocycles. The smallest absolute Gasteiger partial charge is 0.261 e. The lowest BCUT2D eigenvalue weighted by molar-refractivity contribution is 0.139. The van der Waals surface area contributed by atoms with Crippen molar-refractivity contribution in [2.45, 2.75) is 22.8 Å². The molecule has 0 amide bonds. The number of rotatable bonds is 5. The van der Waals surface area contributed by atoms with Crippen LogP contribution in [0.1, 0.15) is 18.8 Å². The molecule has 0 spiro atoms. The average Bonchev–Trinajstić information content (AvgIpc) is 2.80. The molecule has 2 heterocycles. The van der Waals surface area contributed by atoms with Gasteiger partial charge in [-0.05, 0) is 43.3 Å². The second-order valence-electron chi connectivity index (χ2n) is 8.21. The van der Waals surface area contributed by atoms with E-state index in [0.29, 0.717) is 29.8 Å². The SMILES string of the molecule is CC(c1nc2ccccc2c(=O)n1C)N1CCN(S(=O)(=O)c2ccc(S(C)(=O)=O)cc2)CC1. The normalized spacial score (nSPS) is 17.3. The fourth-order valence-corrected chi connectivity index (χ4v) is 6.16. The highest BCUT2D eigenvalue weighted by Crippen LogP contribution is 2.24. The van der Waals surface area contributed by atoms with Gasteiger partial charge in [0, 0.05) is 39.5 Å². The highest BCUT2D eigenvalue weighted by atomic mass is 32.2. The third kappa shape index (κ3) is 4.45. The molecule has 9 nitrogen and oxygen atoms in total. The van der Waals surface area contributed by atoms with Crippen LogP contribution in [0.5, 0.6) is 0 Å². The van der Waals surface area contributed by atoms with E-state index in [1.165, 1.54) is 28.6 Å². The fraction of sp³-hybridized carbons (Fsp3) is 0.364. The van der Waals surface area contributed by atoms with Gasteiger partial charge in [-0.25, -0.2) is 21.8 Å². The Morgan fingerprint density at radius 1 is 0.879 bits per heavy atom. The molecule has 1 aliphatic heterocycles. The lowest BCUT2D eigenvalue weighted by Crippen LogP contribution is -2.49. The molecule has 0 N–H and O–H groups in total. The predicted molar refractivity (Wildman–Crippen MR) is 125 cm³/mol. The topological polar surface area (TPSA) is 110 Å². The van der Waals surface area contributed by atoms with Crippen LogP contribution in [0.3, 0.4) is 0 Å². The molecule has 1 aliphatic rings. The van der Waals surface area contributed by atoms with Gasteiger partial charge < -0.3 is 0 Å². The lowest BCUT2D eigenvalue weighted by atomic mass is 10.2. The zero-order valence-corrected chi connectivity index (χ0v) is 20.3. The molecule has 1 atom stereocenters. The molecule has 1 aromatic heterocycles. The first-order chi connectivity index (χ1) is 15.5. The molecule has 11 heteroatoms. The van der Waals surface area contributed by atoms with Gasteiger partial charge in [0.15, 0.2) is 9.84 Å². The average molecular weight is 491 g/mol. The first-order valence-electron chi connectivity index (χ1n) is 10.5. The van der Waals surface area contributed by atoms with Crippen LogP contribution in [-0.4, -0.2) is 68.0 Å². The minimum Gasteiger partial charge on any atom is -0.298 e. The van der Waals surface area contributed by atoms with Crippen molar-refractivity contribution in [1.29, 1.82) is 0 Å². The van der Waals surface area contributed by atoms with E-state index in [2.05, 4.69) is 4.90 Å². The van der Waals surface area contributed by atoms with Gasteiger partial charge in [-0.1, -0.05) is 12.1 Å². The van der Waals surface area contributed by atoms with Crippen LogP contribution >= 0.6 is 0 Å². The number of hydrogen-bond acceptors (Lipinski definition) is 7. The van der Waals surface area contributed by atoms with E-state index in [4.69, 9.17) is 4.98 Å². The van der Waals surface area contributed by atoms with Gasteiger partial charge in [-0.2, -0.15) is 4.31 Å². The Kier molecular flexibility index (Phi) is 6.16. The minimum atomic E-state index is -3.74. The third-order valence-corrected chi connectivity index (χ3v) is 9.14. The van der Waals surface area contributed by atoms with E-state index >= 15 is 0 Å². The number of sulfonamides is 1. The summed E-state index contributed by atoms with van der Waals surface area (Å²) in [5.74, 6) is 0.631. The summed E-state index contributed by atoms with van der Waals surface area (Å²) in [5, 5.41) is 0.564. The summed E-state index contributed by atoms with van der Waals surface area (Å²) >= 11 is 0. The highest BCUT2D eigenvalue weighted by molar-refractivity contribution is 7.90. The Bertz CT molecular complexity index is 1460. The fourth-order valence-electron chi connectivity index (χ4n) is 4.11. The molecule has 4 rings (SSSR count). The van der Waals surface area contributed by atoms with Crippen molar-refractivity contribution in [2.24, 2.45) is 7.05 Å². The first kappa shape index (κ1) is 23.6. The molecule has 0 bridgehead atoms. The quantitative estimate of drug-likeness (QED) is 0.532. The lowest BCUT2D eigenvalue weighted by Gasteiger charge is -2.37. The van der Waals surface area contributed by atoms with Crippen molar-refractivity contribution in [2.75, 3.05) is 32.4 Å². The van der Waals surface area contributed by atoms with Gasteiger partial charge >= 0.3 is 0 Å². The largest absolute Gasteiger partial charge is 0.298 e. The zero-order valence-electron chi connectivity index (χ0n) is 18.7. The summed E-state index contributed by atoms with van der Waals surface area (Å²) < 4.78 is 52.3. The van der Waals surface area contributed by atoms with Crippen LogP contribution in [0.4, 0.5) is 0 Å². The maximum absolute atomic E-state index is 13.0. The molecular weight excluding hydrogens is 464 g/mol. The Hall–Kier alpha value is -2.60. The Morgan fingerprint density at radius 3 is 2.06 bits per heavy atom. The number of para-hydroxylation sites is 1. The molecule has 2 aromatic carbocycles. The van der Waals surface area contributed by atoms with Crippen LogP contribution in [0.25, 0.3) is 10.9 Å². The van der Waals surface area contributed by atoms with Gasteiger partial charge in [-0.15, -0.1) is 0 Å². The van der Waals surface area contributed by atoms with E-state index in [0.717, 1.165) is 6.26 Å². The summed E-state index contributed by atoms with van der Waals surface area (Å²) in [6.45, 7) is 3.48. The summed E-state index contributed by atoms with van der Waals surface area (Å²) in [4.78, 5) is 19.7. The molecule has 0 radical (unpaired) electrons. The zero-order chi connectivity index (χ0) is 24.0. The van der Waals surface area contributed by atoms with E-state index in [1.807, 2.05) is 25.1 Å². The summed E-state index contributed by atoms with van der Waals surface area (Å²) in [7, 11) is -5.44. The first-order valence-corrected chi connectivity index (χ1v) is 13.8. The van der Waals surface area contributed by atoms with Crippen molar-refractivity contribution in [3.63, 3.8) is 0 Å². The second-order valence-corrected chi connectivity index (χ2v) is 12.2. The van der Waals surface area contributed by atoms with Crippen molar-refractivity contribution in [3.05, 3.63) is 64.7 Å². The van der Waals surface area contributed by atoms with Gasteiger partial charge in [0.05, 0.1) is 26.7 Å². The molecule has 3 aromatic rings. The van der Waals surface area contributed by atoms with E-state index < -0.39 is 19.9 Å². The molecule has 176 valence electrons. The van der Waals surface area contributed by atoms with Crippen LogP contribution in [0, 0.1) is 0 Å². The Balaban J connectivity index is 1.51. The summed E-state index contributed by atoms with van der Waals surface area (Å²) in [6, 6.07) is 12.3. The van der Waals surface area contributed by atoms with Crippen molar-refractivity contribution in [3.8, 4) is 0 Å². The van der Waals surface area contributed by atoms with Crippen LogP contribution < -0.4 is 5.56 Å². The maximum Gasteiger partial charge on any atom is 0.261 e. The maximum atomic E-state index is 13.0. The minimum absolute atomic E-state index is 0.0648. The van der Waals surface area contributed by atoms with Crippen molar-refractivity contribution in [1.82, 2.24) is 18.8 Å². The van der Waals surface area contributed by atoms with Gasteiger partial charge in [0.25, 0.3) is 5.56 Å². The number of benzene rings is 2. The Labute approximate surface area is 193 Å². The van der Waals surface area contributed by atoms with E-state index in [9.17, 15) is 21.6 Å². The van der Waals surface area contributed by atoms with E-state index in [-0.39, 0.29) is 34.5 Å². The number of hydrogen-bond donors (Lipinski definition) is 0. The number of aromatic nitrogens is 2. The molecule has 33 heavy (non-hydrogen) atoms. The van der Waals surface area contributed by atoms with Gasteiger partial charge in [0.1, 0.15) is 5.82 Å². The third-order valence-electron chi connectivity index (χ3n) is 6.10. The van der Waals surface area contributed by atoms with Crippen LogP contribution in [-0.2, 0) is 26.9 Å². The van der Waals surface area contributed by atoms with E-state index in [1.54, 1.807) is 17.7 Å². The summed E-state index contributed by atoms with van der Waals surface area (Å²) in [5.41, 5.74) is 0.530. The van der Waals surface area contributed by atoms with Crippen LogP contribution in [0.2, 0.25) is 0 Å². The molecule has 1 unspecified atom stereocenters. The molecule has 1 fully saturated rings. The Morgan fingerprint density at radius 2 is 1.45 bits per heavy atom. The predicted octanol–water partition coefficient (Wildman–Crippen LogP) is 1.40.